The molecule has 0 aliphatic rings. The molecule has 0 unspecified atom stereocenters. The molecule has 1 heterocycles. The Labute approximate surface area is 198 Å². The van der Waals surface area contributed by atoms with Gasteiger partial charge in [0.05, 0.1) is 35.1 Å². The molecule has 0 aliphatic heterocycles. The summed E-state index contributed by atoms with van der Waals surface area (Å²) < 4.78 is 83.2. The molecule has 0 fully saturated rings. The number of methoxy groups -OCH3 is 1. The molecule has 3 aromatic rings. The lowest BCUT2D eigenvalue weighted by molar-refractivity contribution is -0.384. The third-order valence-electron chi connectivity index (χ3n) is 4.84. The lowest BCUT2D eigenvalue weighted by atomic mass is 10.0. The Morgan fingerprint density at radius 3 is 2.19 bits per heavy atom. The van der Waals surface area contributed by atoms with Gasteiger partial charge in [-0.2, -0.15) is 31.3 Å². The zero-order valence-electron chi connectivity index (χ0n) is 18.3. The lowest BCUT2D eigenvalue weighted by Gasteiger charge is -2.15. The zero-order chi connectivity index (χ0) is 26.7. The van der Waals surface area contributed by atoms with Crippen LogP contribution in [0.15, 0.2) is 36.4 Å². The van der Waals surface area contributed by atoms with E-state index in [1.165, 1.54) is 25.3 Å². The SMILES string of the molecule is COC(=O)CCNc1nc(NCc2cc(C(F)(F)F)cc(C(F)(F)F)c2)nc2ccc([N+](=O)[O-])cc12. The summed E-state index contributed by atoms with van der Waals surface area (Å²) in [5.41, 5.74) is -3.34. The van der Waals surface area contributed by atoms with E-state index in [1.54, 1.807) is 0 Å². The summed E-state index contributed by atoms with van der Waals surface area (Å²) in [6.45, 7) is -0.476. The minimum absolute atomic E-state index is 0.0174. The molecule has 0 aliphatic carbocycles. The standard InChI is InChI=1S/C21H17F6N5O4/c1-36-17(33)4-5-28-18-15-9-14(32(34)35)2-3-16(15)30-19(31-18)29-10-11-6-12(20(22,23)24)8-13(7-11)21(25,26)27/h2-3,6-9H,4-5,10H2,1H3,(H2,28,29,30,31). The molecule has 192 valence electrons. The van der Waals surface area contributed by atoms with Crippen molar-refractivity contribution in [1.82, 2.24) is 9.97 Å². The van der Waals surface area contributed by atoms with Crippen molar-refractivity contribution in [2.75, 3.05) is 24.3 Å². The molecule has 0 saturated heterocycles. The van der Waals surface area contributed by atoms with E-state index in [2.05, 4.69) is 25.3 Å². The molecule has 0 radical (unpaired) electrons. The summed E-state index contributed by atoms with van der Waals surface area (Å²) in [5, 5.41) is 16.7. The highest BCUT2D eigenvalue weighted by atomic mass is 19.4. The Bertz CT molecular complexity index is 1260. The van der Waals surface area contributed by atoms with Crippen LogP contribution in [0.4, 0.5) is 43.8 Å². The van der Waals surface area contributed by atoms with Crippen LogP contribution in [-0.4, -0.2) is 34.5 Å². The number of carbonyl (C=O) groups excluding carboxylic acids is 1. The molecule has 3 rings (SSSR count). The van der Waals surface area contributed by atoms with Crippen LogP contribution in [0.3, 0.4) is 0 Å². The molecular weight excluding hydrogens is 500 g/mol. The minimum Gasteiger partial charge on any atom is -0.469 e. The van der Waals surface area contributed by atoms with E-state index in [-0.39, 0.29) is 53.0 Å². The molecule has 15 heteroatoms. The van der Waals surface area contributed by atoms with Gasteiger partial charge in [-0.3, -0.25) is 14.9 Å². The van der Waals surface area contributed by atoms with Crippen molar-refractivity contribution in [2.45, 2.75) is 25.3 Å². The van der Waals surface area contributed by atoms with Crippen LogP contribution in [0.5, 0.6) is 0 Å². The van der Waals surface area contributed by atoms with Gasteiger partial charge in [0, 0.05) is 30.6 Å². The van der Waals surface area contributed by atoms with Gasteiger partial charge in [0.2, 0.25) is 5.95 Å². The van der Waals surface area contributed by atoms with Crippen molar-refractivity contribution in [3.8, 4) is 0 Å². The fourth-order valence-electron chi connectivity index (χ4n) is 3.13. The number of nitrogens with zero attached hydrogens (tertiary/aromatic N) is 3. The number of aromatic nitrogens is 2. The molecule has 0 atom stereocenters. The van der Waals surface area contributed by atoms with E-state index >= 15 is 0 Å². The number of benzene rings is 2. The third-order valence-corrected chi connectivity index (χ3v) is 4.84. The third kappa shape index (κ3) is 6.49. The highest BCUT2D eigenvalue weighted by molar-refractivity contribution is 5.92. The normalized spacial score (nSPS) is 11.9. The van der Waals surface area contributed by atoms with Gasteiger partial charge in [-0.25, -0.2) is 4.98 Å². The van der Waals surface area contributed by atoms with E-state index in [4.69, 9.17) is 0 Å². The molecule has 36 heavy (non-hydrogen) atoms. The Kier molecular flexibility index (Phi) is 7.50. The minimum atomic E-state index is -5.00. The van der Waals surface area contributed by atoms with Crippen LogP contribution >= 0.6 is 0 Å². The van der Waals surface area contributed by atoms with Crippen molar-refractivity contribution in [3.05, 3.63) is 63.2 Å². The van der Waals surface area contributed by atoms with Crippen molar-refractivity contribution in [3.63, 3.8) is 0 Å². The highest BCUT2D eigenvalue weighted by Gasteiger charge is 2.36. The number of nitro groups is 1. The van der Waals surface area contributed by atoms with E-state index in [0.717, 1.165) is 0 Å². The van der Waals surface area contributed by atoms with Crippen molar-refractivity contribution < 1.29 is 40.8 Å². The van der Waals surface area contributed by atoms with Crippen LogP contribution < -0.4 is 10.6 Å². The number of hydrogen-bond acceptors (Lipinski definition) is 8. The predicted molar refractivity (Wildman–Crippen MR) is 115 cm³/mol. The van der Waals surface area contributed by atoms with Crippen LogP contribution in [0.1, 0.15) is 23.1 Å². The smallest absolute Gasteiger partial charge is 0.416 e. The fourth-order valence-corrected chi connectivity index (χ4v) is 3.13. The summed E-state index contributed by atoms with van der Waals surface area (Å²) in [4.78, 5) is 30.1. The number of anilines is 2. The first-order valence-corrected chi connectivity index (χ1v) is 10.1. The van der Waals surface area contributed by atoms with Gasteiger partial charge in [-0.05, 0) is 29.8 Å². The quantitative estimate of drug-likeness (QED) is 0.182. The first-order valence-electron chi connectivity index (χ1n) is 10.1. The van der Waals surface area contributed by atoms with Gasteiger partial charge in [0.25, 0.3) is 5.69 Å². The first kappa shape index (κ1) is 26.4. The zero-order valence-corrected chi connectivity index (χ0v) is 18.3. The molecule has 2 aromatic carbocycles. The van der Waals surface area contributed by atoms with Gasteiger partial charge in [-0.15, -0.1) is 0 Å². The van der Waals surface area contributed by atoms with Gasteiger partial charge in [0.1, 0.15) is 5.82 Å². The van der Waals surface area contributed by atoms with Crippen molar-refractivity contribution in [2.24, 2.45) is 0 Å². The maximum atomic E-state index is 13.1. The maximum absolute atomic E-state index is 13.1. The number of nitro benzene ring substituents is 1. The van der Waals surface area contributed by atoms with Crippen molar-refractivity contribution in [1.29, 1.82) is 0 Å². The molecule has 1 aromatic heterocycles. The van der Waals surface area contributed by atoms with E-state index < -0.39 is 40.9 Å². The molecule has 0 saturated carbocycles. The van der Waals surface area contributed by atoms with Crippen LogP contribution in [0, 0.1) is 10.1 Å². The summed E-state index contributed by atoms with van der Waals surface area (Å²) >= 11 is 0. The number of fused-ring (bicyclic) bond motifs is 1. The number of nitrogens with one attached hydrogen (secondary N) is 2. The predicted octanol–water partition coefficient (Wildman–Crippen LogP) is 5.16. The Morgan fingerprint density at radius 2 is 1.64 bits per heavy atom. The fraction of sp³-hybridized carbons (Fsp3) is 0.286. The summed E-state index contributed by atoms with van der Waals surface area (Å²) in [7, 11) is 1.19. The number of ether oxygens (including phenoxy) is 1. The largest absolute Gasteiger partial charge is 0.469 e. The Morgan fingerprint density at radius 1 is 1.00 bits per heavy atom. The number of non-ortho nitro benzene ring substituents is 1. The monoisotopic (exact) mass is 517 g/mol. The molecule has 2 N–H and O–H groups in total. The van der Waals surface area contributed by atoms with Crippen LogP contribution in [0.25, 0.3) is 10.9 Å². The summed E-state index contributed by atoms with van der Waals surface area (Å²) in [6.07, 6.45) is -10.1. The van der Waals surface area contributed by atoms with Gasteiger partial charge in [0.15, 0.2) is 0 Å². The second kappa shape index (κ2) is 10.2. The Balaban J connectivity index is 1.94. The summed E-state index contributed by atoms with van der Waals surface area (Å²) in [6, 6.07) is 4.82. The maximum Gasteiger partial charge on any atom is 0.416 e. The average Bonchev–Trinajstić information content (AvgIpc) is 2.80. The number of rotatable bonds is 8. The van der Waals surface area contributed by atoms with Crippen LogP contribution in [-0.2, 0) is 28.4 Å². The number of carbonyl (C=O) groups is 1. The van der Waals surface area contributed by atoms with E-state index in [1.807, 2.05) is 0 Å². The second-order valence-electron chi connectivity index (χ2n) is 7.37. The molecule has 0 spiro atoms. The van der Waals surface area contributed by atoms with Gasteiger partial charge < -0.3 is 15.4 Å². The highest BCUT2D eigenvalue weighted by Crippen LogP contribution is 2.36. The van der Waals surface area contributed by atoms with Gasteiger partial charge in [-0.1, -0.05) is 0 Å². The lowest BCUT2D eigenvalue weighted by Crippen LogP contribution is -2.14. The first-order chi connectivity index (χ1) is 16.8. The topological polar surface area (TPSA) is 119 Å². The Hall–Kier alpha value is -4.17. The van der Waals surface area contributed by atoms with E-state index in [0.29, 0.717) is 12.1 Å². The number of alkyl halides is 6. The molecular formula is C21H17F6N5O4. The van der Waals surface area contributed by atoms with Gasteiger partial charge >= 0.3 is 18.3 Å². The van der Waals surface area contributed by atoms with Crippen molar-refractivity contribution >= 4 is 34.3 Å². The molecule has 0 amide bonds. The summed E-state index contributed by atoms with van der Waals surface area (Å²) in [5.74, 6) is -0.673. The molecule has 0 bridgehead atoms. The van der Waals surface area contributed by atoms with Crippen LogP contribution in [0.2, 0.25) is 0 Å². The molecule has 9 nitrogen and oxygen atoms in total. The average molecular weight is 517 g/mol. The van der Waals surface area contributed by atoms with E-state index in [9.17, 15) is 41.3 Å². The second-order valence-corrected chi connectivity index (χ2v) is 7.37. The number of halogens is 6. The number of hydrogen-bond donors (Lipinski definition) is 2. The number of esters is 1.